The Morgan fingerprint density at radius 2 is 0.986 bits per heavy atom. The number of aromatic amines is 1. The summed E-state index contributed by atoms with van der Waals surface area (Å²) in [5, 5.41) is 4.20. The van der Waals surface area contributed by atoms with E-state index in [-0.39, 0.29) is 41.0 Å². The van der Waals surface area contributed by atoms with E-state index < -0.39 is 29.0 Å². The second kappa shape index (κ2) is 24.5. The van der Waals surface area contributed by atoms with Crippen LogP contribution in [0.4, 0.5) is 8.78 Å². The fourth-order valence-corrected chi connectivity index (χ4v) is 18.3. The molecule has 2 aromatic heterocycles. The molecule has 8 aromatic rings. The molecule has 2 heterocycles. The average Bonchev–Trinajstić information content (AvgIpc) is 3.38. The van der Waals surface area contributed by atoms with Gasteiger partial charge in [-0.1, -0.05) is 185 Å². The largest absolute Gasteiger partial charge is 0.497 e. The Morgan fingerprint density at radius 3 is 1.41 bits per heavy atom. The van der Waals surface area contributed by atoms with Gasteiger partial charge in [0.15, 0.2) is 0 Å². The Morgan fingerprint density at radius 1 is 0.577 bits per heavy atom. The van der Waals surface area contributed by atoms with Crippen LogP contribution in [0.5, 0.6) is 11.5 Å². The second-order valence-electron chi connectivity index (χ2n) is 19.0. The Balaban J connectivity index is 0.000000195. The number of methoxy groups -OCH3 is 2. The van der Waals surface area contributed by atoms with Crippen molar-refractivity contribution in [3.63, 3.8) is 0 Å². The van der Waals surface area contributed by atoms with Gasteiger partial charge in [0.1, 0.15) is 23.8 Å². The zero-order valence-electron chi connectivity index (χ0n) is 41.6. The number of alkyl halides is 3. The maximum atomic E-state index is 15.6. The van der Waals surface area contributed by atoms with Crippen LogP contribution in [0, 0.1) is 0 Å². The van der Waals surface area contributed by atoms with Crippen molar-refractivity contribution in [1.29, 1.82) is 0 Å². The number of hydrogen-bond acceptors (Lipinski definition) is 8. The molecule has 2 atom stereocenters. The first-order valence-corrected chi connectivity index (χ1v) is 28.7. The lowest BCUT2D eigenvalue weighted by Crippen LogP contribution is -2.67. The number of halogens is 3. The molecule has 0 aliphatic heterocycles. The molecule has 2 unspecified atom stereocenters. The van der Waals surface area contributed by atoms with Gasteiger partial charge in [0.05, 0.1) is 68.4 Å². The van der Waals surface area contributed by atoms with Crippen LogP contribution in [0.3, 0.4) is 0 Å². The van der Waals surface area contributed by atoms with Gasteiger partial charge in [0.2, 0.25) is 0 Å². The normalized spacial score (nSPS) is 12.8. The van der Waals surface area contributed by atoms with Gasteiger partial charge in [-0.25, -0.2) is 18.7 Å². The molecular formula is C56H63F2IN4O6Si2. The lowest BCUT2D eigenvalue weighted by atomic mass is 10.2. The fraction of sp³-hybridized carbons (Fsp3) is 0.286. The molecule has 0 aliphatic rings. The van der Waals surface area contributed by atoms with Crippen molar-refractivity contribution in [2.75, 3.05) is 31.9 Å². The van der Waals surface area contributed by atoms with E-state index in [1.54, 1.807) is 50.6 Å². The molecule has 0 bridgehead atoms. The Bertz CT molecular complexity index is 2970. The van der Waals surface area contributed by atoms with Crippen molar-refractivity contribution in [2.45, 2.75) is 70.5 Å². The first-order valence-electron chi connectivity index (χ1n) is 23.4. The molecule has 71 heavy (non-hydrogen) atoms. The highest BCUT2D eigenvalue weighted by atomic mass is 127. The molecule has 0 spiro atoms. The molecule has 0 aliphatic carbocycles. The summed E-state index contributed by atoms with van der Waals surface area (Å²) in [4.78, 5) is 34.4. The number of H-pyrrole nitrogens is 1. The van der Waals surface area contributed by atoms with E-state index >= 15 is 4.39 Å². The summed E-state index contributed by atoms with van der Waals surface area (Å²) in [6.07, 6.45) is 0.155. The standard InChI is InChI=1S/C28H31FN2O3Si.C19H24FIOSi.C9H8N2O2/c1-28(2,3)35(23-11-7-5-8-12-23,24-13-9-6-10-14-24)34-20-21(29)19-31-26-17-22(33-4)15-16-25(26)30-18-27(31)32;1-19(2,3)23(22-15-16(20)14-21,17-10-6-4-7-11-17)18-12-8-5-9-13-18;1-13-6-2-3-7-8(4-6)11-9(12)5-10-7/h5-18,21H,19-20H2,1-4H3;4-13,16H,14-15H2,1-3H3;2-5H,1H3,(H,11,12). The maximum absolute atomic E-state index is 15.6. The maximum Gasteiger partial charge on any atom is 0.269 e. The third-order valence-electron chi connectivity index (χ3n) is 12.2. The number of nitrogens with one attached hydrogen (secondary N) is 1. The number of fused-ring (bicyclic) bond motifs is 2. The molecule has 0 amide bonds. The number of benzene rings is 6. The minimum absolute atomic E-state index is 0.0965. The van der Waals surface area contributed by atoms with Gasteiger partial charge in [-0.3, -0.25) is 9.59 Å². The van der Waals surface area contributed by atoms with Gasteiger partial charge in [-0.15, -0.1) is 0 Å². The molecule has 6 aromatic carbocycles. The monoisotopic (exact) mass is 1110 g/mol. The predicted octanol–water partition coefficient (Wildman–Crippen LogP) is 9.59. The Hall–Kier alpha value is -5.86. The molecule has 0 saturated carbocycles. The summed E-state index contributed by atoms with van der Waals surface area (Å²) in [7, 11) is -2.31. The van der Waals surface area contributed by atoms with E-state index in [0.717, 1.165) is 15.9 Å². The molecule has 0 radical (unpaired) electrons. The first kappa shape index (κ1) is 54.5. The summed E-state index contributed by atoms with van der Waals surface area (Å²) in [6.45, 7) is 13.0. The van der Waals surface area contributed by atoms with Crippen LogP contribution in [0.15, 0.2) is 180 Å². The number of hydrogen-bond donors (Lipinski definition) is 1. The summed E-state index contributed by atoms with van der Waals surface area (Å²) >= 11 is 2.08. The lowest BCUT2D eigenvalue weighted by Gasteiger charge is -2.43. The van der Waals surface area contributed by atoms with Crippen LogP contribution in [0.25, 0.3) is 22.1 Å². The van der Waals surface area contributed by atoms with Crippen LogP contribution in [0.2, 0.25) is 10.1 Å². The van der Waals surface area contributed by atoms with Crippen LogP contribution >= 0.6 is 22.6 Å². The highest BCUT2D eigenvalue weighted by Gasteiger charge is 2.51. The van der Waals surface area contributed by atoms with E-state index in [1.165, 1.54) is 27.3 Å². The number of ether oxygens (including phenoxy) is 2. The van der Waals surface area contributed by atoms with Crippen molar-refractivity contribution in [1.82, 2.24) is 19.5 Å². The van der Waals surface area contributed by atoms with Gasteiger partial charge in [-0.05, 0) is 55.1 Å². The van der Waals surface area contributed by atoms with E-state index in [2.05, 4.69) is 128 Å². The molecule has 15 heteroatoms. The Kier molecular flexibility index (Phi) is 18.8. The molecular weight excluding hydrogens is 1050 g/mol. The van der Waals surface area contributed by atoms with Crippen molar-refractivity contribution < 1.29 is 27.1 Å². The second-order valence-corrected chi connectivity index (χ2v) is 28.5. The van der Waals surface area contributed by atoms with Gasteiger partial charge < -0.3 is 27.9 Å². The van der Waals surface area contributed by atoms with E-state index in [4.69, 9.17) is 18.3 Å². The summed E-state index contributed by atoms with van der Waals surface area (Å²) in [6, 6.07) is 51.5. The SMILES string of the molecule is CC(C)(C)[Si](OCC(F)CI)(c1ccccc1)c1ccccc1.COc1ccc2ncc(=O)[nH]c2c1.COc1ccc2ncc(=O)n(CC(F)CO[Si](c3ccccc3)(c3ccccc3)C(C)(C)C)c2c1. The number of nitrogens with zero attached hydrogens (tertiary/aromatic N) is 3. The minimum Gasteiger partial charge on any atom is -0.497 e. The lowest BCUT2D eigenvalue weighted by molar-refractivity contribution is 0.170. The van der Waals surface area contributed by atoms with Crippen molar-refractivity contribution >= 4 is 82.0 Å². The summed E-state index contributed by atoms with van der Waals surface area (Å²) in [5.41, 5.74) is 2.00. The molecule has 372 valence electrons. The van der Waals surface area contributed by atoms with Gasteiger partial charge in [-0.2, -0.15) is 0 Å². The highest BCUT2D eigenvalue weighted by molar-refractivity contribution is 14.1. The molecule has 10 nitrogen and oxygen atoms in total. The van der Waals surface area contributed by atoms with Gasteiger partial charge >= 0.3 is 0 Å². The summed E-state index contributed by atoms with van der Waals surface area (Å²) in [5.74, 6) is 1.29. The Labute approximate surface area is 430 Å². The average molecular weight is 1110 g/mol. The van der Waals surface area contributed by atoms with Crippen molar-refractivity contribution in [2.24, 2.45) is 0 Å². The third kappa shape index (κ3) is 13.0. The van der Waals surface area contributed by atoms with E-state index in [0.29, 0.717) is 32.5 Å². The zero-order chi connectivity index (χ0) is 51.2. The van der Waals surface area contributed by atoms with Crippen LogP contribution in [-0.4, -0.2) is 80.4 Å². The third-order valence-corrected chi connectivity index (χ3v) is 23.1. The number of rotatable bonds is 15. The van der Waals surface area contributed by atoms with E-state index in [1.807, 2.05) is 72.8 Å². The van der Waals surface area contributed by atoms with Crippen molar-refractivity contribution in [3.05, 3.63) is 191 Å². The number of aromatic nitrogens is 4. The van der Waals surface area contributed by atoms with Crippen LogP contribution in [-0.2, 0) is 15.4 Å². The summed E-state index contributed by atoms with van der Waals surface area (Å²) < 4.78 is 54.9. The van der Waals surface area contributed by atoms with E-state index in [9.17, 15) is 14.0 Å². The molecule has 1 N–H and O–H groups in total. The smallest absolute Gasteiger partial charge is 0.269 e. The molecule has 8 rings (SSSR count). The van der Waals surface area contributed by atoms with Crippen LogP contribution in [0.1, 0.15) is 41.5 Å². The molecule has 0 saturated heterocycles. The highest BCUT2D eigenvalue weighted by Crippen LogP contribution is 2.38. The van der Waals surface area contributed by atoms with Crippen LogP contribution < -0.4 is 41.3 Å². The molecule has 0 fully saturated rings. The topological polar surface area (TPSA) is 118 Å². The minimum atomic E-state index is -2.87. The zero-order valence-corrected chi connectivity index (χ0v) is 45.7. The first-order chi connectivity index (χ1) is 34.0. The predicted molar refractivity (Wildman–Crippen MR) is 297 cm³/mol. The van der Waals surface area contributed by atoms with Gasteiger partial charge in [0, 0.05) is 16.6 Å². The van der Waals surface area contributed by atoms with Crippen molar-refractivity contribution in [3.8, 4) is 11.5 Å². The van der Waals surface area contributed by atoms with Gasteiger partial charge in [0.25, 0.3) is 27.8 Å². The quantitative estimate of drug-likeness (QED) is 0.0614. The fourth-order valence-electron chi connectivity index (χ4n) is 8.85.